The molecule has 2 rings (SSSR count). The maximum Gasteiger partial charge on any atom is 0.264 e. The van der Waals surface area contributed by atoms with Gasteiger partial charge in [0.05, 0.1) is 10.8 Å². The zero-order valence-electron chi connectivity index (χ0n) is 13.8. The molecule has 0 bridgehead atoms. The van der Waals surface area contributed by atoms with Crippen LogP contribution in [0.2, 0.25) is 0 Å². The molecule has 0 unspecified atom stereocenters. The predicted octanol–water partition coefficient (Wildman–Crippen LogP) is 1.37. The first kappa shape index (κ1) is 17.5. The van der Waals surface area contributed by atoms with Crippen LogP contribution in [0.3, 0.4) is 0 Å². The Balaban J connectivity index is 2.17. The van der Waals surface area contributed by atoms with Gasteiger partial charge in [0.15, 0.2) is 0 Å². The number of amides is 2. The van der Waals surface area contributed by atoms with Crippen LogP contribution in [0.25, 0.3) is 0 Å². The van der Waals surface area contributed by atoms with E-state index in [4.69, 9.17) is 0 Å². The Morgan fingerprint density at radius 2 is 1.96 bits per heavy atom. The van der Waals surface area contributed by atoms with Crippen molar-refractivity contribution in [2.45, 2.75) is 45.1 Å². The maximum atomic E-state index is 12.4. The smallest absolute Gasteiger partial charge is 0.264 e. The van der Waals surface area contributed by atoms with E-state index in [-0.39, 0.29) is 29.8 Å². The number of nitrogens with one attached hydrogen (secondary N) is 1. The van der Waals surface area contributed by atoms with Gasteiger partial charge in [-0.2, -0.15) is 0 Å². The number of hydrogen-bond acceptors (Lipinski definition) is 4. The van der Waals surface area contributed by atoms with Gasteiger partial charge in [-0.1, -0.05) is 12.1 Å². The van der Waals surface area contributed by atoms with E-state index >= 15 is 0 Å². The number of carbonyl (C=O) groups is 2. The average molecular weight is 338 g/mol. The Bertz CT molecular complexity index is 740. The fourth-order valence-corrected chi connectivity index (χ4v) is 4.05. The van der Waals surface area contributed by atoms with Crippen LogP contribution in [0.4, 0.5) is 0 Å². The topological polar surface area (TPSA) is 83.5 Å². The monoisotopic (exact) mass is 338 g/mol. The van der Waals surface area contributed by atoms with E-state index in [9.17, 15) is 18.0 Å². The molecule has 23 heavy (non-hydrogen) atoms. The number of likely N-dealkylation sites (tertiary alicyclic amines) is 1. The Kier molecular flexibility index (Phi) is 4.79. The molecule has 7 heteroatoms. The number of nitrogens with zero attached hydrogens (tertiary/aromatic N) is 1. The minimum absolute atomic E-state index is 0.00377. The summed E-state index contributed by atoms with van der Waals surface area (Å²) in [5.41, 5.74) is 1.37. The zero-order chi connectivity index (χ0) is 17.4. The van der Waals surface area contributed by atoms with Crippen molar-refractivity contribution < 1.29 is 18.0 Å². The van der Waals surface area contributed by atoms with Crippen molar-refractivity contribution in [2.24, 2.45) is 5.92 Å². The summed E-state index contributed by atoms with van der Waals surface area (Å²) in [6, 6.07) is 5.04. The average Bonchev–Trinajstić information content (AvgIpc) is 2.83. The highest BCUT2D eigenvalue weighted by atomic mass is 32.2. The molecule has 1 aromatic carbocycles. The van der Waals surface area contributed by atoms with Gasteiger partial charge in [-0.3, -0.25) is 9.59 Å². The van der Waals surface area contributed by atoms with Crippen molar-refractivity contribution >= 4 is 21.8 Å². The summed E-state index contributed by atoms with van der Waals surface area (Å²) in [4.78, 5) is 25.8. The van der Waals surface area contributed by atoms with Gasteiger partial charge in [0, 0.05) is 19.0 Å². The highest BCUT2D eigenvalue weighted by Crippen LogP contribution is 2.22. The summed E-state index contributed by atoms with van der Waals surface area (Å²) in [5, 5.41) is 0. The summed E-state index contributed by atoms with van der Waals surface area (Å²) in [5.74, 6) is -1.38. The first-order valence-electron chi connectivity index (χ1n) is 7.55. The first-order valence-corrected chi connectivity index (χ1v) is 9.03. The van der Waals surface area contributed by atoms with Crippen LogP contribution in [0.15, 0.2) is 23.1 Å². The second-order valence-corrected chi connectivity index (χ2v) is 7.93. The summed E-state index contributed by atoms with van der Waals surface area (Å²) in [7, 11) is -3.93. The summed E-state index contributed by atoms with van der Waals surface area (Å²) in [6.45, 7) is 7.45. The number of sulfonamides is 1. The number of aryl methyl sites for hydroxylation is 2. The van der Waals surface area contributed by atoms with E-state index in [0.717, 1.165) is 5.56 Å². The molecule has 126 valence electrons. The molecule has 1 aliphatic rings. The van der Waals surface area contributed by atoms with Crippen molar-refractivity contribution in [2.75, 3.05) is 6.54 Å². The number of carbonyl (C=O) groups excluding carboxylic acids is 2. The first-order chi connectivity index (χ1) is 10.6. The lowest BCUT2D eigenvalue weighted by atomic mass is 10.1. The summed E-state index contributed by atoms with van der Waals surface area (Å²) in [6.07, 6.45) is 0.0479. The molecule has 1 aromatic rings. The molecule has 1 fully saturated rings. The van der Waals surface area contributed by atoms with E-state index in [1.165, 1.54) is 6.07 Å². The third-order valence-electron chi connectivity index (χ3n) is 4.02. The molecule has 0 saturated carbocycles. The van der Waals surface area contributed by atoms with Gasteiger partial charge in [0.1, 0.15) is 0 Å². The molecular formula is C16H22N2O4S. The van der Waals surface area contributed by atoms with Crippen LogP contribution in [-0.2, 0) is 19.6 Å². The predicted molar refractivity (Wildman–Crippen MR) is 86.2 cm³/mol. The van der Waals surface area contributed by atoms with E-state index in [2.05, 4.69) is 4.72 Å². The van der Waals surface area contributed by atoms with Gasteiger partial charge >= 0.3 is 0 Å². The van der Waals surface area contributed by atoms with Gasteiger partial charge in [-0.15, -0.1) is 0 Å². The summed E-state index contributed by atoms with van der Waals surface area (Å²) >= 11 is 0. The third-order valence-corrected chi connectivity index (χ3v) is 5.51. The molecule has 2 amide bonds. The summed E-state index contributed by atoms with van der Waals surface area (Å²) < 4.78 is 27.0. The SMILES string of the molecule is Cc1ccc(C)c(S(=O)(=O)NC(=O)[C@H]2CC(=O)N(C(C)C)C2)c1. The molecule has 1 atom stereocenters. The number of rotatable bonds is 4. The highest BCUT2D eigenvalue weighted by molar-refractivity contribution is 7.90. The highest BCUT2D eigenvalue weighted by Gasteiger charge is 2.37. The molecule has 0 spiro atoms. The molecule has 6 nitrogen and oxygen atoms in total. The Hall–Kier alpha value is -1.89. The van der Waals surface area contributed by atoms with E-state index in [1.807, 2.05) is 19.9 Å². The van der Waals surface area contributed by atoms with Crippen LogP contribution in [0.1, 0.15) is 31.4 Å². The molecule has 1 heterocycles. The lowest BCUT2D eigenvalue weighted by Crippen LogP contribution is -2.38. The van der Waals surface area contributed by atoms with Gasteiger partial charge in [0.25, 0.3) is 10.0 Å². The van der Waals surface area contributed by atoms with Crippen molar-refractivity contribution in [1.29, 1.82) is 0 Å². The van der Waals surface area contributed by atoms with E-state index < -0.39 is 21.8 Å². The molecule has 0 aliphatic carbocycles. The fraction of sp³-hybridized carbons (Fsp3) is 0.500. The van der Waals surface area contributed by atoms with Crippen molar-refractivity contribution in [3.63, 3.8) is 0 Å². The normalized spacial score (nSPS) is 18.6. The van der Waals surface area contributed by atoms with Crippen molar-refractivity contribution in [1.82, 2.24) is 9.62 Å². The number of benzene rings is 1. The number of hydrogen-bond donors (Lipinski definition) is 1. The molecular weight excluding hydrogens is 316 g/mol. The van der Waals surface area contributed by atoms with E-state index in [1.54, 1.807) is 24.8 Å². The maximum absolute atomic E-state index is 12.4. The quantitative estimate of drug-likeness (QED) is 0.898. The standard InChI is InChI=1S/C16H22N2O4S/c1-10(2)18-9-13(8-15(18)19)16(20)17-23(21,22)14-7-11(3)5-6-12(14)4/h5-7,10,13H,8-9H2,1-4H3,(H,17,20)/t13-/m0/s1. The molecule has 1 N–H and O–H groups in total. The van der Waals surface area contributed by atoms with Crippen LogP contribution < -0.4 is 4.72 Å². The Morgan fingerprint density at radius 3 is 2.52 bits per heavy atom. The van der Waals surface area contributed by atoms with Gasteiger partial charge < -0.3 is 4.90 Å². The Morgan fingerprint density at radius 1 is 1.30 bits per heavy atom. The van der Waals surface area contributed by atoms with Crippen LogP contribution >= 0.6 is 0 Å². The molecule has 1 aliphatic heterocycles. The zero-order valence-corrected chi connectivity index (χ0v) is 14.6. The Labute approximate surface area is 136 Å². The van der Waals surface area contributed by atoms with Crippen LogP contribution in [-0.4, -0.2) is 37.7 Å². The molecule has 1 saturated heterocycles. The fourth-order valence-electron chi connectivity index (χ4n) is 2.67. The minimum atomic E-state index is -3.93. The molecule has 0 radical (unpaired) electrons. The van der Waals surface area contributed by atoms with Crippen LogP contribution in [0, 0.1) is 19.8 Å². The van der Waals surface area contributed by atoms with Crippen molar-refractivity contribution in [3.8, 4) is 0 Å². The molecule has 0 aromatic heterocycles. The van der Waals surface area contributed by atoms with E-state index in [0.29, 0.717) is 5.56 Å². The van der Waals surface area contributed by atoms with Crippen molar-refractivity contribution in [3.05, 3.63) is 29.3 Å². The third kappa shape index (κ3) is 3.72. The minimum Gasteiger partial charge on any atom is -0.339 e. The van der Waals surface area contributed by atoms with Gasteiger partial charge in [-0.05, 0) is 44.9 Å². The second-order valence-electron chi connectivity index (χ2n) is 6.28. The lowest BCUT2D eigenvalue weighted by Gasteiger charge is -2.20. The largest absolute Gasteiger partial charge is 0.339 e. The van der Waals surface area contributed by atoms with Gasteiger partial charge in [0.2, 0.25) is 11.8 Å². The van der Waals surface area contributed by atoms with Gasteiger partial charge in [-0.25, -0.2) is 13.1 Å². The lowest BCUT2D eigenvalue weighted by molar-refractivity contribution is -0.129. The second kappa shape index (κ2) is 6.31. The van der Waals surface area contributed by atoms with Crippen LogP contribution in [0.5, 0.6) is 0 Å².